The Morgan fingerprint density at radius 3 is 1.88 bits per heavy atom. The van der Waals surface area contributed by atoms with E-state index in [1.54, 1.807) is 6.08 Å². The first-order valence-electron chi connectivity index (χ1n) is 5.26. The van der Waals surface area contributed by atoms with E-state index in [-0.39, 0.29) is 5.92 Å². The van der Waals surface area contributed by atoms with Crippen molar-refractivity contribution in [1.82, 2.24) is 0 Å². The molecule has 0 aliphatic carbocycles. The minimum atomic E-state index is -0.908. The molecule has 0 aromatic carbocycles. The lowest BCUT2D eigenvalue weighted by Crippen LogP contribution is -2.33. The summed E-state index contributed by atoms with van der Waals surface area (Å²) in [4.78, 5) is 23.0. The highest BCUT2D eigenvalue weighted by atomic mass is 16.5. The Morgan fingerprint density at radius 2 is 1.62 bits per heavy atom. The van der Waals surface area contributed by atoms with Gasteiger partial charge in [-0.3, -0.25) is 9.59 Å². The molecule has 4 heteroatoms. The maximum atomic E-state index is 11.5. The summed E-state index contributed by atoms with van der Waals surface area (Å²) in [6.45, 7) is 7.68. The summed E-state index contributed by atoms with van der Waals surface area (Å²) in [6.07, 6.45) is 2.30. The molecule has 0 heterocycles. The van der Waals surface area contributed by atoms with Gasteiger partial charge >= 0.3 is 11.9 Å². The van der Waals surface area contributed by atoms with Crippen LogP contribution in [0.25, 0.3) is 0 Å². The minimum absolute atomic E-state index is 0.250. The Hall–Kier alpha value is -1.32. The number of allylic oxidation sites excluding steroid dienone is 1. The second kappa shape index (κ2) is 7.04. The molecule has 4 nitrogen and oxygen atoms in total. The van der Waals surface area contributed by atoms with E-state index in [0.29, 0.717) is 12.3 Å². The summed E-state index contributed by atoms with van der Waals surface area (Å²) in [6, 6.07) is 0. The molecule has 0 saturated heterocycles. The Balaban J connectivity index is 4.90. The zero-order valence-corrected chi connectivity index (χ0v) is 10.4. The third kappa shape index (κ3) is 4.04. The van der Waals surface area contributed by atoms with Gasteiger partial charge in [-0.2, -0.15) is 0 Å². The van der Waals surface area contributed by atoms with Crippen LogP contribution in [0, 0.1) is 17.8 Å². The van der Waals surface area contributed by atoms with Crippen LogP contribution in [0.3, 0.4) is 0 Å². The van der Waals surface area contributed by atoms with Crippen molar-refractivity contribution in [2.24, 2.45) is 17.8 Å². The Kier molecular flexibility index (Phi) is 6.46. The fourth-order valence-corrected chi connectivity index (χ4v) is 1.61. The van der Waals surface area contributed by atoms with Crippen molar-refractivity contribution in [1.29, 1.82) is 0 Å². The summed E-state index contributed by atoms with van der Waals surface area (Å²) >= 11 is 0. The topological polar surface area (TPSA) is 52.6 Å². The largest absolute Gasteiger partial charge is 0.468 e. The molecule has 0 aliphatic rings. The van der Waals surface area contributed by atoms with Crippen molar-refractivity contribution in [3.63, 3.8) is 0 Å². The SMILES string of the molecule is C=C[C@@H](CC(C)C)C(C(=O)OC)C(=O)OC. The Morgan fingerprint density at radius 1 is 1.19 bits per heavy atom. The lowest BCUT2D eigenvalue weighted by Gasteiger charge is -2.21. The summed E-state index contributed by atoms with van der Waals surface area (Å²) < 4.78 is 9.22. The van der Waals surface area contributed by atoms with Gasteiger partial charge in [0.1, 0.15) is 0 Å². The molecule has 0 saturated carbocycles. The summed E-state index contributed by atoms with van der Waals surface area (Å²) in [7, 11) is 2.52. The van der Waals surface area contributed by atoms with Crippen molar-refractivity contribution >= 4 is 11.9 Å². The van der Waals surface area contributed by atoms with Crippen LogP contribution in [0.4, 0.5) is 0 Å². The molecule has 0 radical (unpaired) electrons. The van der Waals surface area contributed by atoms with Gasteiger partial charge in [0.15, 0.2) is 5.92 Å². The van der Waals surface area contributed by atoms with E-state index in [4.69, 9.17) is 0 Å². The van der Waals surface area contributed by atoms with Gasteiger partial charge in [-0.1, -0.05) is 19.9 Å². The first kappa shape index (κ1) is 14.7. The van der Waals surface area contributed by atoms with Gasteiger partial charge in [-0.15, -0.1) is 6.58 Å². The molecule has 0 N–H and O–H groups in total. The van der Waals surface area contributed by atoms with Crippen molar-refractivity contribution in [2.45, 2.75) is 20.3 Å². The monoisotopic (exact) mass is 228 g/mol. The number of hydrogen-bond donors (Lipinski definition) is 0. The molecule has 0 aliphatic heterocycles. The molecule has 0 aromatic heterocycles. The quantitative estimate of drug-likeness (QED) is 0.395. The summed E-state index contributed by atoms with van der Waals surface area (Å²) in [5.41, 5.74) is 0. The number of rotatable bonds is 6. The lowest BCUT2D eigenvalue weighted by atomic mass is 9.85. The molecule has 0 unspecified atom stereocenters. The molecule has 0 fully saturated rings. The van der Waals surface area contributed by atoms with Gasteiger partial charge in [-0.25, -0.2) is 0 Å². The highest BCUT2D eigenvalue weighted by Gasteiger charge is 2.35. The van der Waals surface area contributed by atoms with E-state index in [0.717, 1.165) is 0 Å². The van der Waals surface area contributed by atoms with Gasteiger partial charge in [0.2, 0.25) is 0 Å². The highest BCUT2D eigenvalue weighted by Crippen LogP contribution is 2.24. The summed E-state index contributed by atoms with van der Waals surface area (Å²) in [5, 5.41) is 0. The zero-order chi connectivity index (χ0) is 12.7. The van der Waals surface area contributed by atoms with Gasteiger partial charge in [-0.05, 0) is 12.3 Å². The van der Waals surface area contributed by atoms with E-state index in [1.165, 1.54) is 14.2 Å². The molecule has 92 valence electrons. The van der Waals surface area contributed by atoms with E-state index < -0.39 is 17.9 Å². The maximum absolute atomic E-state index is 11.5. The maximum Gasteiger partial charge on any atom is 0.320 e. The Labute approximate surface area is 96.6 Å². The third-order valence-electron chi connectivity index (χ3n) is 2.38. The van der Waals surface area contributed by atoms with Crippen LogP contribution in [0.5, 0.6) is 0 Å². The van der Waals surface area contributed by atoms with Gasteiger partial charge in [0.25, 0.3) is 0 Å². The number of carbonyl (C=O) groups is 2. The van der Waals surface area contributed by atoms with Crippen molar-refractivity contribution < 1.29 is 19.1 Å². The fourth-order valence-electron chi connectivity index (χ4n) is 1.61. The molecule has 0 bridgehead atoms. The van der Waals surface area contributed by atoms with Crippen molar-refractivity contribution in [3.05, 3.63) is 12.7 Å². The normalized spacial score (nSPS) is 12.4. The minimum Gasteiger partial charge on any atom is -0.468 e. The molecular formula is C12H20O4. The van der Waals surface area contributed by atoms with E-state index in [9.17, 15) is 9.59 Å². The standard InChI is InChI=1S/C12H20O4/c1-6-9(7-8(2)3)10(11(13)15-4)12(14)16-5/h6,8-10H,1,7H2,2-5H3/t9-/m0/s1. The molecular weight excluding hydrogens is 208 g/mol. The first-order chi connectivity index (χ1) is 7.47. The van der Waals surface area contributed by atoms with Gasteiger partial charge < -0.3 is 9.47 Å². The van der Waals surface area contributed by atoms with Crippen LogP contribution < -0.4 is 0 Å². The van der Waals surface area contributed by atoms with Crippen molar-refractivity contribution in [3.8, 4) is 0 Å². The average molecular weight is 228 g/mol. The van der Waals surface area contributed by atoms with Crippen LogP contribution in [0.15, 0.2) is 12.7 Å². The fraction of sp³-hybridized carbons (Fsp3) is 0.667. The zero-order valence-electron chi connectivity index (χ0n) is 10.4. The number of carbonyl (C=O) groups excluding carboxylic acids is 2. The molecule has 0 amide bonds. The average Bonchev–Trinajstić information content (AvgIpc) is 2.26. The number of hydrogen-bond acceptors (Lipinski definition) is 4. The number of ether oxygens (including phenoxy) is 2. The molecule has 16 heavy (non-hydrogen) atoms. The van der Waals surface area contributed by atoms with Gasteiger partial charge in [0, 0.05) is 5.92 Å². The smallest absolute Gasteiger partial charge is 0.320 e. The third-order valence-corrected chi connectivity index (χ3v) is 2.38. The molecule has 0 rings (SSSR count). The van der Waals surface area contributed by atoms with Gasteiger partial charge in [0.05, 0.1) is 14.2 Å². The predicted molar refractivity (Wildman–Crippen MR) is 60.7 cm³/mol. The molecule has 0 aromatic rings. The van der Waals surface area contributed by atoms with E-state index >= 15 is 0 Å². The summed E-state index contributed by atoms with van der Waals surface area (Å²) in [5.74, 6) is -1.94. The molecule has 0 spiro atoms. The predicted octanol–water partition coefficient (Wildman–Crippen LogP) is 1.80. The molecule has 1 atom stereocenters. The second-order valence-electron chi connectivity index (χ2n) is 4.05. The highest BCUT2D eigenvalue weighted by molar-refractivity contribution is 5.95. The van der Waals surface area contributed by atoms with Crippen molar-refractivity contribution in [2.75, 3.05) is 14.2 Å². The van der Waals surface area contributed by atoms with E-state index in [2.05, 4.69) is 16.1 Å². The van der Waals surface area contributed by atoms with Crippen LogP contribution in [0.2, 0.25) is 0 Å². The van der Waals surface area contributed by atoms with Crippen LogP contribution in [0.1, 0.15) is 20.3 Å². The van der Waals surface area contributed by atoms with E-state index in [1.807, 2.05) is 13.8 Å². The van der Waals surface area contributed by atoms with Crippen LogP contribution >= 0.6 is 0 Å². The Bertz CT molecular complexity index is 242. The lowest BCUT2D eigenvalue weighted by molar-refractivity contribution is -0.160. The number of esters is 2. The first-order valence-corrected chi connectivity index (χ1v) is 5.26. The number of methoxy groups -OCH3 is 2. The van der Waals surface area contributed by atoms with Crippen LogP contribution in [-0.2, 0) is 19.1 Å². The van der Waals surface area contributed by atoms with Crippen LogP contribution in [-0.4, -0.2) is 26.2 Å². The second-order valence-corrected chi connectivity index (χ2v) is 4.05.